The predicted molar refractivity (Wildman–Crippen MR) is 69.7 cm³/mol. The molecule has 0 spiro atoms. The summed E-state index contributed by atoms with van der Waals surface area (Å²) in [6, 6.07) is 3.42. The Labute approximate surface area is 109 Å². The highest BCUT2D eigenvalue weighted by Crippen LogP contribution is 2.25. The number of aryl methyl sites for hydroxylation is 1. The molecule has 0 unspecified atom stereocenters. The van der Waals surface area contributed by atoms with Gasteiger partial charge in [-0.3, -0.25) is 0 Å². The lowest BCUT2D eigenvalue weighted by molar-refractivity contribution is 0.602. The molecule has 2 aromatic rings. The third-order valence-electron chi connectivity index (χ3n) is 2.57. The Kier molecular flexibility index (Phi) is 4.38. The van der Waals surface area contributed by atoms with Crippen molar-refractivity contribution in [2.45, 2.75) is 12.8 Å². The van der Waals surface area contributed by atoms with E-state index in [1.54, 1.807) is 5.38 Å². The fraction of sp³-hybridized carbons (Fsp3) is 0.308. The van der Waals surface area contributed by atoms with Crippen LogP contribution in [-0.2, 0) is 6.42 Å². The van der Waals surface area contributed by atoms with E-state index in [0.29, 0.717) is 5.69 Å². The first-order valence-electron chi connectivity index (χ1n) is 5.75. The summed E-state index contributed by atoms with van der Waals surface area (Å²) < 4.78 is 26.6. The average Bonchev–Trinajstić information content (AvgIpc) is 2.81. The lowest BCUT2D eigenvalue weighted by atomic mass is 10.1. The molecule has 0 aliphatic carbocycles. The third kappa shape index (κ3) is 3.11. The summed E-state index contributed by atoms with van der Waals surface area (Å²) >= 11 is 1.48. The second-order valence-electron chi connectivity index (χ2n) is 3.96. The molecule has 2 rings (SSSR count). The van der Waals surface area contributed by atoms with Crippen LogP contribution in [0.5, 0.6) is 0 Å². The number of aromatic nitrogens is 1. The smallest absolute Gasteiger partial charge is 0.132 e. The van der Waals surface area contributed by atoms with E-state index in [9.17, 15) is 8.78 Å². The van der Waals surface area contributed by atoms with Gasteiger partial charge in [-0.25, -0.2) is 13.8 Å². The van der Waals surface area contributed by atoms with Crippen LogP contribution < -0.4 is 5.32 Å². The summed E-state index contributed by atoms with van der Waals surface area (Å²) in [6.07, 6.45) is 1.83. The summed E-state index contributed by atoms with van der Waals surface area (Å²) in [5, 5.41) is 5.78. The van der Waals surface area contributed by atoms with E-state index in [1.165, 1.54) is 17.4 Å². The fourth-order valence-corrected chi connectivity index (χ4v) is 2.50. The quantitative estimate of drug-likeness (QED) is 0.842. The van der Waals surface area contributed by atoms with Gasteiger partial charge in [-0.1, -0.05) is 0 Å². The third-order valence-corrected chi connectivity index (χ3v) is 3.48. The Morgan fingerprint density at radius 3 is 2.94 bits per heavy atom. The van der Waals surface area contributed by atoms with E-state index in [-0.39, 0.29) is 5.56 Å². The number of halogens is 2. The van der Waals surface area contributed by atoms with Crippen LogP contribution in [0.25, 0.3) is 11.3 Å². The van der Waals surface area contributed by atoms with Gasteiger partial charge in [0.25, 0.3) is 0 Å². The Balaban J connectivity index is 2.16. The molecule has 2 nitrogen and oxygen atoms in total. The zero-order chi connectivity index (χ0) is 13.0. The van der Waals surface area contributed by atoms with Crippen molar-refractivity contribution in [3.05, 3.63) is 40.2 Å². The molecule has 0 amide bonds. The van der Waals surface area contributed by atoms with Gasteiger partial charge in [-0.05, 0) is 38.2 Å². The van der Waals surface area contributed by atoms with Crippen LogP contribution >= 0.6 is 11.3 Å². The molecule has 96 valence electrons. The number of hydrogen-bond acceptors (Lipinski definition) is 3. The molecule has 18 heavy (non-hydrogen) atoms. The highest BCUT2D eigenvalue weighted by molar-refractivity contribution is 7.09. The Morgan fingerprint density at radius 1 is 1.33 bits per heavy atom. The number of nitrogens with one attached hydrogen (secondary N) is 1. The predicted octanol–water partition coefficient (Wildman–Crippen LogP) is 3.24. The largest absolute Gasteiger partial charge is 0.320 e. The highest BCUT2D eigenvalue weighted by atomic mass is 32.1. The second-order valence-corrected chi connectivity index (χ2v) is 4.90. The maximum atomic E-state index is 13.6. The van der Waals surface area contributed by atoms with E-state index in [4.69, 9.17) is 0 Å². The zero-order valence-corrected chi connectivity index (χ0v) is 10.9. The van der Waals surface area contributed by atoms with Gasteiger partial charge >= 0.3 is 0 Å². The molecule has 0 bridgehead atoms. The van der Waals surface area contributed by atoms with Gasteiger partial charge in [-0.2, -0.15) is 0 Å². The van der Waals surface area contributed by atoms with E-state index >= 15 is 0 Å². The number of rotatable bonds is 5. The minimum Gasteiger partial charge on any atom is -0.320 e. The van der Waals surface area contributed by atoms with Gasteiger partial charge in [0.05, 0.1) is 10.7 Å². The fourth-order valence-electron chi connectivity index (χ4n) is 1.66. The summed E-state index contributed by atoms with van der Waals surface area (Å²) in [5.41, 5.74) is 0.738. The molecule has 0 atom stereocenters. The molecule has 5 heteroatoms. The van der Waals surface area contributed by atoms with Crippen LogP contribution in [0.3, 0.4) is 0 Å². The molecular weight excluding hydrogens is 254 g/mol. The van der Waals surface area contributed by atoms with E-state index in [2.05, 4.69) is 10.3 Å². The Morgan fingerprint density at radius 2 is 2.17 bits per heavy atom. The zero-order valence-electron chi connectivity index (χ0n) is 10.0. The van der Waals surface area contributed by atoms with Crippen molar-refractivity contribution in [1.29, 1.82) is 0 Å². The van der Waals surface area contributed by atoms with Gasteiger partial charge in [0.1, 0.15) is 11.6 Å². The molecule has 0 aliphatic heterocycles. The standard InChI is InChI=1S/C13H14F2N2S/c1-16-6-2-3-13-17-12(8-18-13)10-7-9(14)4-5-11(10)15/h4-5,7-8,16H,2-3,6H2,1H3. The highest BCUT2D eigenvalue weighted by Gasteiger charge is 2.10. The van der Waals surface area contributed by atoms with Gasteiger partial charge in [0, 0.05) is 17.4 Å². The minimum atomic E-state index is -0.448. The van der Waals surface area contributed by atoms with Crippen LogP contribution in [-0.4, -0.2) is 18.6 Å². The number of benzene rings is 1. The first kappa shape index (κ1) is 13.1. The first-order valence-corrected chi connectivity index (χ1v) is 6.63. The van der Waals surface area contributed by atoms with Crippen LogP contribution in [0.4, 0.5) is 8.78 Å². The first-order chi connectivity index (χ1) is 8.70. The van der Waals surface area contributed by atoms with Crippen molar-refractivity contribution in [3.63, 3.8) is 0 Å². The maximum absolute atomic E-state index is 13.6. The van der Waals surface area contributed by atoms with Crippen LogP contribution in [0.2, 0.25) is 0 Å². The number of nitrogens with zero attached hydrogens (tertiary/aromatic N) is 1. The second kappa shape index (κ2) is 6.02. The van der Waals surface area contributed by atoms with Crippen molar-refractivity contribution >= 4 is 11.3 Å². The van der Waals surface area contributed by atoms with E-state index < -0.39 is 11.6 Å². The molecule has 1 N–H and O–H groups in total. The summed E-state index contributed by atoms with van der Waals surface area (Å²) in [7, 11) is 1.90. The van der Waals surface area contributed by atoms with Gasteiger partial charge in [0.15, 0.2) is 0 Å². The van der Waals surface area contributed by atoms with Crippen molar-refractivity contribution in [1.82, 2.24) is 10.3 Å². The molecule has 0 aliphatic rings. The monoisotopic (exact) mass is 268 g/mol. The van der Waals surface area contributed by atoms with Gasteiger partial charge < -0.3 is 5.32 Å². The van der Waals surface area contributed by atoms with Gasteiger partial charge in [-0.15, -0.1) is 11.3 Å². The molecular formula is C13H14F2N2S. The lowest BCUT2D eigenvalue weighted by Gasteiger charge is -1.99. The summed E-state index contributed by atoms with van der Waals surface area (Å²) in [4.78, 5) is 4.34. The van der Waals surface area contributed by atoms with Crippen molar-refractivity contribution in [3.8, 4) is 11.3 Å². The Bertz CT molecular complexity index is 525. The van der Waals surface area contributed by atoms with Crippen molar-refractivity contribution in [2.24, 2.45) is 0 Å². The van der Waals surface area contributed by atoms with Crippen LogP contribution in [0.1, 0.15) is 11.4 Å². The summed E-state index contributed by atoms with van der Waals surface area (Å²) in [5.74, 6) is -0.889. The molecule has 0 saturated carbocycles. The number of thiazole rings is 1. The van der Waals surface area contributed by atoms with Crippen LogP contribution in [0, 0.1) is 11.6 Å². The van der Waals surface area contributed by atoms with Gasteiger partial charge in [0.2, 0.25) is 0 Å². The topological polar surface area (TPSA) is 24.9 Å². The Hall–Kier alpha value is -1.33. The van der Waals surface area contributed by atoms with Crippen molar-refractivity contribution in [2.75, 3.05) is 13.6 Å². The SMILES string of the molecule is CNCCCc1nc(-c2cc(F)ccc2F)cs1. The molecule has 0 radical (unpaired) electrons. The van der Waals surface area contributed by atoms with Crippen molar-refractivity contribution < 1.29 is 8.78 Å². The minimum absolute atomic E-state index is 0.228. The molecule has 1 aromatic carbocycles. The lowest BCUT2D eigenvalue weighted by Crippen LogP contribution is -2.08. The molecule has 0 saturated heterocycles. The molecule has 1 aromatic heterocycles. The molecule has 0 fully saturated rings. The maximum Gasteiger partial charge on any atom is 0.132 e. The normalized spacial score (nSPS) is 10.8. The average molecular weight is 268 g/mol. The van der Waals surface area contributed by atoms with Crippen LogP contribution in [0.15, 0.2) is 23.6 Å². The van der Waals surface area contributed by atoms with E-state index in [1.807, 2.05) is 7.05 Å². The number of hydrogen-bond donors (Lipinski definition) is 1. The van der Waals surface area contributed by atoms with E-state index in [0.717, 1.165) is 36.5 Å². The molecule has 1 heterocycles. The summed E-state index contributed by atoms with van der Waals surface area (Å²) in [6.45, 7) is 0.920.